The van der Waals surface area contributed by atoms with Gasteiger partial charge >= 0.3 is 6.18 Å². The number of nitrogens with zero attached hydrogens (tertiary/aromatic N) is 1. The molecule has 9 heteroatoms. The first-order chi connectivity index (χ1) is 11.9. The first-order valence-electron chi connectivity index (χ1n) is 7.75. The number of carbonyl (C=O) groups excluding carboxylic acids is 1. The summed E-state index contributed by atoms with van der Waals surface area (Å²) in [5.41, 5.74) is -1.22. The first kappa shape index (κ1) is 20.2. The Kier molecular flexibility index (Phi) is 5.60. The molecule has 142 valence electrons. The van der Waals surface area contributed by atoms with Gasteiger partial charge in [0.1, 0.15) is 11.0 Å². The van der Waals surface area contributed by atoms with E-state index >= 15 is 0 Å². The van der Waals surface area contributed by atoms with Crippen molar-refractivity contribution in [2.24, 2.45) is 0 Å². The Balaban J connectivity index is 2.13. The van der Waals surface area contributed by atoms with Crippen LogP contribution in [0, 0.1) is 0 Å². The number of anilines is 1. The van der Waals surface area contributed by atoms with Gasteiger partial charge < -0.3 is 9.84 Å². The number of alkyl halides is 3. The zero-order chi connectivity index (χ0) is 19.7. The number of hydrogen-bond donors (Lipinski definition) is 1. The molecule has 2 unspecified atom stereocenters. The fourth-order valence-electron chi connectivity index (χ4n) is 2.01. The molecule has 1 heterocycles. The second kappa shape index (κ2) is 7.22. The molecule has 1 aromatic heterocycles. The summed E-state index contributed by atoms with van der Waals surface area (Å²) < 4.78 is 55.9. The van der Waals surface area contributed by atoms with Crippen LogP contribution in [0.2, 0.25) is 0 Å². The standard InChI is InChI=1S/C17H19F3N2O3S/c1-10(15(23)21-14-9-13(25-22-14)16(2,3)4)26(24)12-7-5-6-11(8-12)17(18,19)20/h5-10H,1-4H3,(H,21,22,23). The number of hydrogen-bond acceptors (Lipinski definition) is 4. The molecule has 26 heavy (non-hydrogen) atoms. The normalized spacial score (nSPS) is 14.7. The summed E-state index contributed by atoms with van der Waals surface area (Å²) in [4.78, 5) is 12.2. The van der Waals surface area contributed by atoms with E-state index in [1.165, 1.54) is 13.0 Å². The van der Waals surface area contributed by atoms with E-state index in [-0.39, 0.29) is 16.1 Å². The molecule has 0 fully saturated rings. The third kappa shape index (κ3) is 4.72. The summed E-state index contributed by atoms with van der Waals surface area (Å²) in [7, 11) is -1.96. The van der Waals surface area contributed by atoms with Gasteiger partial charge in [-0.05, 0) is 25.1 Å². The summed E-state index contributed by atoms with van der Waals surface area (Å²) in [6.45, 7) is 7.09. The summed E-state index contributed by atoms with van der Waals surface area (Å²) >= 11 is 0. The number of nitrogens with one attached hydrogen (secondary N) is 1. The van der Waals surface area contributed by atoms with Gasteiger partial charge in [-0.25, -0.2) is 0 Å². The average Bonchev–Trinajstić information content (AvgIpc) is 3.01. The molecule has 2 aromatic rings. The van der Waals surface area contributed by atoms with Crippen molar-refractivity contribution < 1.29 is 26.7 Å². The third-order valence-electron chi connectivity index (χ3n) is 3.58. The minimum Gasteiger partial charge on any atom is -0.359 e. The van der Waals surface area contributed by atoms with Crippen molar-refractivity contribution in [3.05, 3.63) is 41.7 Å². The minimum absolute atomic E-state index is 0.0713. The molecule has 2 rings (SSSR count). The highest BCUT2D eigenvalue weighted by Gasteiger charge is 2.32. The van der Waals surface area contributed by atoms with Crippen LogP contribution >= 0.6 is 0 Å². The number of carbonyl (C=O) groups is 1. The van der Waals surface area contributed by atoms with Crippen molar-refractivity contribution in [3.63, 3.8) is 0 Å². The van der Waals surface area contributed by atoms with E-state index in [2.05, 4.69) is 10.5 Å². The van der Waals surface area contributed by atoms with E-state index in [9.17, 15) is 22.2 Å². The lowest BCUT2D eigenvalue weighted by Gasteiger charge is -2.13. The first-order valence-corrected chi connectivity index (χ1v) is 8.97. The topological polar surface area (TPSA) is 72.2 Å². The fourth-order valence-corrected chi connectivity index (χ4v) is 3.13. The highest BCUT2D eigenvalue weighted by molar-refractivity contribution is 7.86. The maximum atomic E-state index is 12.8. The smallest absolute Gasteiger partial charge is 0.359 e. The van der Waals surface area contributed by atoms with Gasteiger partial charge in [0.2, 0.25) is 5.91 Å². The second-order valence-corrected chi connectivity index (χ2v) is 8.55. The molecule has 0 bridgehead atoms. The molecule has 0 aliphatic carbocycles. The molecule has 0 aliphatic heterocycles. The molecular weight excluding hydrogens is 369 g/mol. The van der Waals surface area contributed by atoms with Crippen molar-refractivity contribution in [3.8, 4) is 0 Å². The Morgan fingerprint density at radius 2 is 1.88 bits per heavy atom. The lowest BCUT2D eigenvalue weighted by Crippen LogP contribution is -2.29. The lowest BCUT2D eigenvalue weighted by atomic mass is 9.93. The van der Waals surface area contributed by atoms with Crippen LogP contribution in [0.25, 0.3) is 0 Å². The molecule has 0 aliphatic rings. The SMILES string of the molecule is CC(C(=O)Nc1cc(C(C)(C)C)on1)S(=O)c1cccc(C(F)(F)F)c1. The Morgan fingerprint density at radius 3 is 2.42 bits per heavy atom. The van der Waals surface area contributed by atoms with Crippen molar-refractivity contribution >= 4 is 22.5 Å². The van der Waals surface area contributed by atoms with Crippen LogP contribution in [0.1, 0.15) is 39.0 Å². The van der Waals surface area contributed by atoms with Crippen molar-refractivity contribution in [2.45, 2.75) is 49.4 Å². The predicted molar refractivity (Wildman–Crippen MR) is 91.1 cm³/mol. The van der Waals surface area contributed by atoms with Crippen LogP contribution in [0.3, 0.4) is 0 Å². The van der Waals surface area contributed by atoms with Crippen molar-refractivity contribution in [2.75, 3.05) is 5.32 Å². The molecule has 0 radical (unpaired) electrons. The number of benzene rings is 1. The minimum atomic E-state index is -4.55. The number of aromatic nitrogens is 1. The quantitative estimate of drug-likeness (QED) is 0.855. The van der Waals surface area contributed by atoms with Gasteiger partial charge in [0.15, 0.2) is 5.82 Å². The largest absolute Gasteiger partial charge is 0.416 e. The predicted octanol–water partition coefficient (Wildman–Crippen LogP) is 4.13. The van der Waals surface area contributed by atoms with Gasteiger partial charge in [-0.15, -0.1) is 0 Å². The van der Waals surface area contributed by atoms with Crippen LogP contribution in [-0.2, 0) is 27.2 Å². The Bertz CT molecular complexity index is 825. The monoisotopic (exact) mass is 388 g/mol. The molecule has 5 nitrogen and oxygen atoms in total. The Labute approximate surface area is 151 Å². The molecule has 1 aromatic carbocycles. The van der Waals surface area contributed by atoms with E-state index in [4.69, 9.17) is 4.52 Å². The van der Waals surface area contributed by atoms with E-state index in [1.54, 1.807) is 6.07 Å². The van der Waals surface area contributed by atoms with Gasteiger partial charge in [-0.2, -0.15) is 13.2 Å². The third-order valence-corrected chi connectivity index (χ3v) is 5.16. The lowest BCUT2D eigenvalue weighted by molar-refractivity contribution is -0.137. The highest BCUT2D eigenvalue weighted by Crippen LogP contribution is 2.30. The zero-order valence-electron chi connectivity index (χ0n) is 14.7. The van der Waals surface area contributed by atoms with Crippen LogP contribution in [0.5, 0.6) is 0 Å². The number of amides is 1. The van der Waals surface area contributed by atoms with Crippen LogP contribution in [-0.4, -0.2) is 20.5 Å². The van der Waals surface area contributed by atoms with Gasteiger partial charge in [-0.1, -0.05) is 32.0 Å². The van der Waals surface area contributed by atoms with Gasteiger partial charge in [0, 0.05) is 16.4 Å². The van der Waals surface area contributed by atoms with E-state index < -0.39 is 33.7 Å². The number of rotatable bonds is 4. The van der Waals surface area contributed by atoms with Crippen LogP contribution in [0.4, 0.5) is 19.0 Å². The molecule has 0 saturated heterocycles. The van der Waals surface area contributed by atoms with Crippen LogP contribution in [0.15, 0.2) is 39.8 Å². The van der Waals surface area contributed by atoms with E-state index in [0.29, 0.717) is 5.76 Å². The Hall–Kier alpha value is -2.16. The molecular formula is C17H19F3N2O3S. The Morgan fingerprint density at radius 1 is 1.23 bits per heavy atom. The fraction of sp³-hybridized carbons (Fsp3) is 0.412. The van der Waals surface area contributed by atoms with Crippen molar-refractivity contribution in [1.82, 2.24) is 5.16 Å². The highest BCUT2D eigenvalue weighted by atomic mass is 32.2. The summed E-state index contributed by atoms with van der Waals surface area (Å²) in [6.07, 6.45) is -4.55. The average molecular weight is 388 g/mol. The van der Waals surface area contributed by atoms with Gasteiger partial charge in [0.05, 0.1) is 16.4 Å². The summed E-state index contributed by atoms with van der Waals surface area (Å²) in [6, 6.07) is 5.68. The summed E-state index contributed by atoms with van der Waals surface area (Å²) in [5, 5.41) is 5.12. The molecule has 1 amide bonds. The maximum Gasteiger partial charge on any atom is 0.416 e. The van der Waals surface area contributed by atoms with Crippen molar-refractivity contribution in [1.29, 1.82) is 0 Å². The molecule has 0 spiro atoms. The second-order valence-electron chi connectivity index (χ2n) is 6.78. The van der Waals surface area contributed by atoms with E-state index in [1.807, 2.05) is 20.8 Å². The number of halogens is 3. The molecule has 2 atom stereocenters. The van der Waals surface area contributed by atoms with E-state index in [0.717, 1.165) is 18.2 Å². The zero-order valence-corrected chi connectivity index (χ0v) is 15.5. The molecule has 0 saturated carbocycles. The maximum absolute atomic E-state index is 12.8. The van der Waals surface area contributed by atoms with Gasteiger partial charge in [-0.3, -0.25) is 9.00 Å². The summed E-state index contributed by atoms with van der Waals surface area (Å²) in [5.74, 6) is 0.0850. The van der Waals surface area contributed by atoms with Crippen LogP contribution < -0.4 is 5.32 Å². The molecule has 1 N–H and O–H groups in total. The van der Waals surface area contributed by atoms with Gasteiger partial charge in [0.25, 0.3) is 0 Å².